The van der Waals surface area contributed by atoms with Gasteiger partial charge in [-0.25, -0.2) is 13.1 Å². The monoisotopic (exact) mass is 308 g/mol. The van der Waals surface area contributed by atoms with Crippen LogP contribution in [0.2, 0.25) is 0 Å². The molecule has 6 nitrogen and oxygen atoms in total. The number of rotatable bonds is 9. The highest BCUT2D eigenvalue weighted by Gasteiger charge is 2.25. The van der Waals surface area contributed by atoms with Crippen molar-refractivity contribution >= 4 is 15.9 Å². The first-order chi connectivity index (χ1) is 8.99. The minimum Gasteiger partial charge on any atom is -0.388 e. The molecule has 0 aromatic carbocycles. The van der Waals surface area contributed by atoms with E-state index >= 15 is 0 Å². The van der Waals surface area contributed by atoms with Gasteiger partial charge in [0.05, 0.1) is 17.4 Å². The van der Waals surface area contributed by atoms with Gasteiger partial charge in [0.15, 0.2) is 0 Å². The van der Waals surface area contributed by atoms with Gasteiger partial charge in [-0.2, -0.15) is 0 Å². The zero-order valence-corrected chi connectivity index (χ0v) is 13.9. The maximum absolute atomic E-state index is 11.8. The standard InChI is InChI=1S/C13H28N2O4S/c1-6-7-20(18,19)15-11(4)12(16)14-9-13(5,17)8-10(2)3/h10-11,15,17H,6-9H2,1-5H3,(H,14,16). The van der Waals surface area contributed by atoms with E-state index in [4.69, 9.17) is 0 Å². The number of hydrogen-bond acceptors (Lipinski definition) is 4. The van der Waals surface area contributed by atoms with Crippen molar-refractivity contribution in [2.45, 2.75) is 59.1 Å². The van der Waals surface area contributed by atoms with Crippen LogP contribution in [0.3, 0.4) is 0 Å². The molecule has 0 aliphatic rings. The van der Waals surface area contributed by atoms with Crippen molar-refractivity contribution in [3.05, 3.63) is 0 Å². The molecule has 0 saturated carbocycles. The molecule has 2 atom stereocenters. The number of aliphatic hydroxyl groups is 1. The molecule has 0 bridgehead atoms. The molecule has 0 aliphatic heterocycles. The van der Waals surface area contributed by atoms with Crippen LogP contribution < -0.4 is 10.0 Å². The predicted molar refractivity (Wildman–Crippen MR) is 79.8 cm³/mol. The molecule has 2 unspecified atom stereocenters. The third-order valence-electron chi connectivity index (χ3n) is 2.71. The molecule has 0 radical (unpaired) electrons. The van der Waals surface area contributed by atoms with Gasteiger partial charge in [-0.15, -0.1) is 0 Å². The van der Waals surface area contributed by atoms with Crippen molar-refractivity contribution in [2.75, 3.05) is 12.3 Å². The second-order valence-corrected chi connectivity index (χ2v) is 7.84. The molecule has 0 aromatic heterocycles. The average molecular weight is 308 g/mol. The maximum Gasteiger partial charge on any atom is 0.237 e. The van der Waals surface area contributed by atoms with Crippen LogP contribution in [0.25, 0.3) is 0 Å². The Morgan fingerprint density at radius 1 is 1.30 bits per heavy atom. The van der Waals surface area contributed by atoms with E-state index in [0.29, 0.717) is 18.8 Å². The van der Waals surface area contributed by atoms with Gasteiger partial charge in [0.1, 0.15) is 0 Å². The largest absolute Gasteiger partial charge is 0.388 e. The van der Waals surface area contributed by atoms with E-state index in [9.17, 15) is 18.3 Å². The zero-order chi connectivity index (χ0) is 16.0. The van der Waals surface area contributed by atoms with Gasteiger partial charge in [0.25, 0.3) is 0 Å². The summed E-state index contributed by atoms with van der Waals surface area (Å²) in [5.41, 5.74) is -0.994. The van der Waals surface area contributed by atoms with E-state index < -0.39 is 27.6 Å². The summed E-state index contributed by atoms with van der Waals surface area (Å²) in [6, 6.07) is -0.846. The lowest BCUT2D eigenvalue weighted by atomic mass is 9.94. The van der Waals surface area contributed by atoms with Crippen molar-refractivity contribution in [1.82, 2.24) is 10.0 Å². The quantitative estimate of drug-likeness (QED) is 0.582. The molecule has 20 heavy (non-hydrogen) atoms. The van der Waals surface area contributed by atoms with E-state index in [2.05, 4.69) is 10.0 Å². The van der Waals surface area contributed by atoms with Gasteiger partial charge in [-0.05, 0) is 32.6 Å². The van der Waals surface area contributed by atoms with Gasteiger partial charge >= 0.3 is 0 Å². The number of hydrogen-bond donors (Lipinski definition) is 3. The Morgan fingerprint density at radius 3 is 2.30 bits per heavy atom. The summed E-state index contributed by atoms with van der Waals surface area (Å²) >= 11 is 0. The van der Waals surface area contributed by atoms with Crippen LogP contribution in [0, 0.1) is 5.92 Å². The van der Waals surface area contributed by atoms with Crippen LogP contribution in [0.1, 0.15) is 47.5 Å². The molecule has 0 heterocycles. The molecule has 0 aromatic rings. The molecule has 0 saturated heterocycles. The highest BCUT2D eigenvalue weighted by Crippen LogP contribution is 2.15. The summed E-state index contributed by atoms with van der Waals surface area (Å²) < 4.78 is 25.4. The Labute approximate surface area is 122 Å². The molecule has 0 rings (SSSR count). The molecule has 3 N–H and O–H groups in total. The summed E-state index contributed by atoms with van der Waals surface area (Å²) in [5.74, 6) is -0.133. The Hall–Kier alpha value is -0.660. The fourth-order valence-electron chi connectivity index (χ4n) is 2.03. The van der Waals surface area contributed by atoms with E-state index in [1.165, 1.54) is 6.92 Å². The molecule has 0 fully saturated rings. The van der Waals surface area contributed by atoms with E-state index in [1.54, 1.807) is 13.8 Å². The lowest BCUT2D eigenvalue weighted by molar-refractivity contribution is -0.123. The Balaban J connectivity index is 4.34. The summed E-state index contributed by atoms with van der Waals surface area (Å²) in [5, 5.41) is 12.7. The Kier molecular flexibility index (Phi) is 7.69. The van der Waals surface area contributed by atoms with Crippen molar-refractivity contribution in [3.63, 3.8) is 0 Å². The fourth-order valence-corrected chi connectivity index (χ4v) is 3.33. The van der Waals surface area contributed by atoms with Crippen molar-refractivity contribution in [2.24, 2.45) is 5.92 Å². The van der Waals surface area contributed by atoms with Crippen LogP contribution in [0.5, 0.6) is 0 Å². The third-order valence-corrected chi connectivity index (χ3v) is 4.37. The van der Waals surface area contributed by atoms with Crippen molar-refractivity contribution in [1.29, 1.82) is 0 Å². The van der Waals surface area contributed by atoms with Crippen LogP contribution in [0.4, 0.5) is 0 Å². The van der Waals surface area contributed by atoms with E-state index in [1.807, 2.05) is 13.8 Å². The summed E-state index contributed by atoms with van der Waals surface area (Å²) in [6.07, 6.45) is 1.05. The first kappa shape index (κ1) is 19.3. The molecule has 0 aliphatic carbocycles. The smallest absolute Gasteiger partial charge is 0.237 e. The van der Waals surface area contributed by atoms with E-state index in [0.717, 1.165) is 0 Å². The van der Waals surface area contributed by atoms with Gasteiger partial charge in [0.2, 0.25) is 15.9 Å². The van der Waals surface area contributed by atoms with Crippen molar-refractivity contribution < 1.29 is 18.3 Å². The van der Waals surface area contributed by atoms with Gasteiger partial charge in [0, 0.05) is 6.54 Å². The van der Waals surface area contributed by atoms with Gasteiger partial charge in [-0.1, -0.05) is 20.8 Å². The molecule has 0 spiro atoms. The van der Waals surface area contributed by atoms with Crippen LogP contribution in [0.15, 0.2) is 0 Å². The highest BCUT2D eigenvalue weighted by molar-refractivity contribution is 7.89. The minimum absolute atomic E-state index is 0.00428. The molecular formula is C13H28N2O4S. The highest BCUT2D eigenvalue weighted by atomic mass is 32.2. The first-order valence-corrected chi connectivity index (χ1v) is 8.64. The Morgan fingerprint density at radius 2 is 1.85 bits per heavy atom. The topological polar surface area (TPSA) is 95.5 Å². The number of amides is 1. The molecular weight excluding hydrogens is 280 g/mol. The number of carbonyl (C=O) groups excluding carboxylic acids is 1. The van der Waals surface area contributed by atoms with Crippen molar-refractivity contribution in [3.8, 4) is 0 Å². The lowest BCUT2D eigenvalue weighted by Crippen LogP contribution is -2.49. The molecule has 7 heteroatoms. The predicted octanol–water partition coefficient (Wildman–Crippen LogP) is 0.618. The zero-order valence-electron chi connectivity index (χ0n) is 13.1. The third kappa shape index (κ3) is 8.50. The second-order valence-electron chi connectivity index (χ2n) is 5.97. The first-order valence-electron chi connectivity index (χ1n) is 6.99. The minimum atomic E-state index is -3.42. The molecule has 1 amide bonds. The van der Waals surface area contributed by atoms with Gasteiger partial charge in [-0.3, -0.25) is 4.79 Å². The van der Waals surface area contributed by atoms with Crippen LogP contribution in [-0.2, 0) is 14.8 Å². The van der Waals surface area contributed by atoms with Crippen LogP contribution >= 0.6 is 0 Å². The number of sulfonamides is 1. The van der Waals surface area contributed by atoms with Gasteiger partial charge < -0.3 is 10.4 Å². The SMILES string of the molecule is CCCS(=O)(=O)NC(C)C(=O)NCC(C)(O)CC(C)C. The maximum atomic E-state index is 11.8. The number of nitrogens with one attached hydrogen (secondary N) is 2. The Bertz CT molecular complexity index is 405. The normalized spacial score (nSPS) is 16.8. The fraction of sp³-hybridized carbons (Fsp3) is 0.923. The molecule has 120 valence electrons. The van der Waals surface area contributed by atoms with E-state index in [-0.39, 0.29) is 12.3 Å². The second kappa shape index (κ2) is 7.95. The summed E-state index contributed by atoms with van der Waals surface area (Å²) in [4.78, 5) is 11.8. The summed E-state index contributed by atoms with van der Waals surface area (Å²) in [7, 11) is -3.42. The lowest BCUT2D eigenvalue weighted by Gasteiger charge is -2.26. The average Bonchev–Trinajstić information content (AvgIpc) is 2.23. The summed E-state index contributed by atoms with van der Waals surface area (Å²) in [6.45, 7) is 8.96. The number of carbonyl (C=O) groups is 1. The van der Waals surface area contributed by atoms with Crippen LogP contribution in [-0.4, -0.2) is 43.4 Å².